The second kappa shape index (κ2) is 7.77. The van der Waals surface area contributed by atoms with Crippen LogP contribution in [0.15, 0.2) is 29.6 Å². The lowest BCUT2D eigenvalue weighted by molar-refractivity contribution is 0.0116. The van der Waals surface area contributed by atoms with Crippen molar-refractivity contribution in [1.82, 2.24) is 15.2 Å². The van der Waals surface area contributed by atoms with Crippen LogP contribution in [-0.2, 0) is 11.2 Å². The van der Waals surface area contributed by atoms with E-state index in [4.69, 9.17) is 4.74 Å². The molecule has 1 atom stereocenters. The van der Waals surface area contributed by atoms with Crippen molar-refractivity contribution in [2.24, 2.45) is 0 Å². The first-order valence-electron chi connectivity index (χ1n) is 8.23. The fraction of sp³-hybridized carbons (Fsp3) is 0.444. The van der Waals surface area contributed by atoms with Gasteiger partial charge in [0.25, 0.3) is 0 Å². The number of aryl methyl sites for hydroxylation is 2. The average molecular weight is 345 g/mol. The molecule has 1 saturated heterocycles. The summed E-state index contributed by atoms with van der Waals surface area (Å²) in [6.07, 6.45) is 0.832. The van der Waals surface area contributed by atoms with Gasteiger partial charge >= 0.3 is 6.03 Å². The Labute approximate surface area is 146 Å². The molecule has 1 aliphatic heterocycles. The van der Waals surface area contributed by atoms with Gasteiger partial charge in [-0.1, -0.05) is 29.8 Å². The maximum absolute atomic E-state index is 12.6. The fourth-order valence-corrected chi connectivity index (χ4v) is 3.75. The molecule has 0 bridgehead atoms. The molecule has 1 aromatic carbocycles. The first-order valence-corrected chi connectivity index (χ1v) is 9.11. The summed E-state index contributed by atoms with van der Waals surface area (Å²) in [5, 5.41) is 5.99. The van der Waals surface area contributed by atoms with Gasteiger partial charge in [-0.25, -0.2) is 9.78 Å². The second-order valence-corrected chi connectivity index (χ2v) is 6.97. The van der Waals surface area contributed by atoms with E-state index in [1.165, 1.54) is 11.1 Å². The molecule has 0 radical (unpaired) electrons. The van der Waals surface area contributed by atoms with Gasteiger partial charge in [0.05, 0.1) is 13.2 Å². The lowest BCUT2D eigenvalue weighted by Crippen LogP contribution is -2.48. The van der Waals surface area contributed by atoms with Crippen LogP contribution in [0.5, 0.6) is 0 Å². The molecule has 2 aromatic rings. The molecule has 5 nitrogen and oxygen atoms in total. The Kier molecular flexibility index (Phi) is 5.48. The number of amides is 2. The standard InChI is InChI=1S/C18H23N3O2S/c1-13-4-3-5-15(10-13)6-7-19-18(22)21-8-9-23-11-16(21)17-20-14(2)12-24-17/h3-5,10,12,16H,6-9,11H2,1-2H3,(H,19,22)/t16-/m0/s1. The molecule has 2 heterocycles. The first-order chi connectivity index (χ1) is 11.6. The molecule has 0 spiro atoms. The van der Waals surface area contributed by atoms with Gasteiger partial charge in [-0.05, 0) is 25.8 Å². The minimum atomic E-state index is -0.0866. The SMILES string of the molecule is Cc1cccc(CCNC(=O)N2CCOC[C@H]2c2nc(C)cs2)c1. The van der Waals surface area contributed by atoms with Crippen molar-refractivity contribution in [3.63, 3.8) is 0 Å². The number of thiazole rings is 1. The molecule has 3 rings (SSSR count). The first kappa shape index (κ1) is 16.9. The number of rotatable bonds is 4. The Bertz CT molecular complexity index is 701. The molecule has 128 valence electrons. The summed E-state index contributed by atoms with van der Waals surface area (Å²) in [6.45, 7) is 6.36. The normalized spacial score (nSPS) is 17.8. The van der Waals surface area contributed by atoms with Crippen LogP contribution in [-0.4, -0.2) is 42.2 Å². The third-order valence-electron chi connectivity index (χ3n) is 4.08. The highest BCUT2D eigenvalue weighted by atomic mass is 32.1. The third-order valence-corrected chi connectivity index (χ3v) is 5.15. The highest BCUT2D eigenvalue weighted by Crippen LogP contribution is 2.26. The number of benzene rings is 1. The van der Waals surface area contributed by atoms with Crippen molar-refractivity contribution in [2.45, 2.75) is 26.3 Å². The Morgan fingerprint density at radius 2 is 2.33 bits per heavy atom. The monoisotopic (exact) mass is 345 g/mol. The number of carbonyl (C=O) groups is 1. The highest BCUT2D eigenvalue weighted by molar-refractivity contribution is 7.09. The summed E-state index contributed by atoms with van der Waals surface area (Å²) < 4.78 is 5.56. The molecule has 2 amide bonds. The quantitative estimate of drug-likeness (QED) is 0.926. The largest absolute Gasteiger partial charge is 0.377 e. The van der Waals surface area contributed by atoms with Crippen molar-refractivity contribution >= 4 is 17.4 Å². The third kappa shape index (κ3) is 4.13. The van der Waals surface area contributed by atoms with Crippen LogP contribution in [0.3, 0.4) is 0 Å². The van der Waals surface area contributed by atoms with E-state index in [1.54, 1.807) is 11.3 Å². The van der Waals surface area contributed by atoms with Crippen molar-refractivity contribution < 1.29 is 9.53 Å². The van der Waals surface area contributed by atoms with Crippen molar-refractivity contribution in [1.29, 1.82) is 0 Å². The molecule has 1 fully saturated rings. The molecule has 1 aromatic heterocycles. The molecule has 24 heavy (non-hydrogen) atoms. The summed E-state index contributed by atoms with van der Waals surface area (Å²) in [5.41, 5.74) is 3.47. The lowest BCUT2D eigenvalue weighted by atomic mass is 10.1. The minimum absolute atomic E-state index is 0.0381. The van der Waals surface area contributed by atoms with Crippen LogP contribution >= 0.6 is 11.3 Å². The summed E-state index contributed by atoms with van der Waals surface area (Å²) >= 11 is 1.59. The topological polar surface area (TPSA) is 54.5 Å². The molecular weight excluding hydrogens is 322 g/mol. The molecular formula is C18H23N3O2S. The zero-order chi connectivity index (χ0) is 16.9. The van der Waals surface area contributed by atoms with Crippen LogP contribution in [0.1, 0.15) is 27.9 Å². The summed E-state index contributed by atoms with van der Waals surface area (Å²) in [6, 6.07) is 8.25. The maximum atomic E-state index is 12.6. The number of nitrogens with one attached hydrogen (secondary N) is 1. The van der Waals surface area contributed by atoms with Gasteiger partial charge in [0, 0.05) is 24.2 Å². The Morgan fingerprint density at radius 3 is 3.08 bits per heavy atom. The van der Waals surface area contributed by atoms with E-state index in [1.807, 2.05) is 17.2 Å². The van der Waals surface area contributed by atoms with E-state index < -0.39 is 0 Å². The Morgan fingerprint density at radius 1 is 1.46 bits per heavy atom. The Balaban J connectivity index is 1.58. The van der Waals surface area contributed by atoms with Gasteiger partial charge in [0.2, 0.25) is 0 Å². The van der Waals surface area contributed by atoms with Gasteiger partial charge < -0.3 is 15.0 Å². The minimum Gasteiger partial charge on any atom is -0.377 e. The van der Waals surface area contributed by atoms with Gasteiger partial charge in [0.1, 0.15) is 11.0 Å². The average Bonchev–Trinajstić information content (AvgIpc) is 3.01. The van der Waals surface area contributed by atoms with Crippen LogP contribution in [0, 0.1) is 13.8 Å². The summed E-state index contributed by atoms with van der Waals surface area (Å²) in [5.74, 6) is 0. The second-order valence-electron chi connectivity index (χ2n) is 6.08. The van der Waals surface area contributed by atoms with Crippen LogP contribution in [0.25, 0.3) is 0 Å². The highest BCUT2D eigenvalue weighted by Gasteiger charge is 2.30. The number of nitrogens with zero attached hydrogens (tertiary/aromatic N) is 2. The van der Waals surface area contributed by atoms with Crippen molar-refractivity contribution in [3.8, 4) is 0 Å². The summed E-state index contributed by atoms with van der Waals surface area (Å²) in [7, 11) is 0. The Hall–Kier alpha value is -1.92. The van der Waals surface area contributed by atoms with E-state index in [0.29, 0.717) is 26.3 Å². The predicted molar refractivity (Wildman–Crippen MR) is 95.4 cm³/mol. The van der Waals surface area contributed by atoms with Crippen molar-refractivity contribution in [3.05, 3.63) is 51.5 Å². The lowest BCUT2D eigenvalue weighted by Gasteiger charge is -2.34. The van der Waals surface area contributed by atoms with Crippen LogP contribution < -0.4 is 5.32 Å². The number of ether oxygens (including phenoxy) is 1. The maximum Gasteiger partial charge on any atom is 0.318 e. The number of carbonyl (C=O) groups excluding carboxylic acids is 1. The zero-order valence-electron chi connectivity index (χ0n) is 14.1. The number of aromatic nitrogens is 1. The molecule has 0 unspecified atom stereocenters. The fourth-order valence-electron chi connectivity index (χ4n) is 2.86. The number of hydrogen-bond donors (Lipinski definition) is 1. The smallest absolute Gasteiger partial charge is 0.318 e. The van der Waals surface area contributed by atoms with E-state index in [0.717, 1.165) is 17.1 Å². The molecule has 1 aliphatic rings. The van der Waals surface area contributed by atoms with Crippen LogP contribution in [0.2, 0.25) is 0 Å². The molecule has 1 N–H and O–H groups in total. The van der Waals surface area contributed by atoms with Gasteiger partial charge in [-0.3, -0.25) is 0 Å². The van der Waals surface area contributed by atoms with Gasteiger partial charge in [-0.15, -0.1) is 11.3 Å². The van der Waals surface area contributed by atoms with Crippen LogP contribution in [0.4, 0.5) is 4.79 Å². The summed E-state index contributed by atoms with van der Waals surface area (Å²) in [4.78, 5) is 18.9. The number of hydrogen-bond acceptors (Lipinski definition) is 4. The van der Waals surface area contributed by atoms with Crippen molar-refractivity contribution in [2.75, 3.05) is 26.3 Å². The number of urea groups is 1. The molecule has 6 heteroatoms. The van der Waals surface area contributed by atoms with E-state index in [-0.39, 0.29) is 12.1 Å². The van der Waals surface area contributed by atoms with E-state index in [9.17, 15) is 4.79 Å². The zero-order valence-corrected chi connectivity index (χ0v) is 14.9. The van der Waals surface area contributed by atoms with Gasteiger partial charge in [-0.2, -0.15) is 0 Å². The number of morpholine rings is 1. The molecule has 0 saturated carbocycles. The molecule has 0 aliphatic carbocycles. The predicted octanol–water partition coefficient (Wildman–Crippen LogP) is 3.09. The van der Waals surface area contributed by atoms with Gasteiger partial charge in [0.15, 0.2) is 0 Å². The van der Waals surface area contributed by atoms with E-state index in [2.05, 4.69) is 41.5 Å². The van der Waals surface area contributed by atoms with E-state index >= 15 is 0 Å².